The van der Waals surface area contributed by atoms with Gasteiger partial charge in [-0.05, 0) is 30.8 Å². The van der Waals surface area contributed by atoms with E-state index in [0.29, 0.717) is 5.92 Å². The normalized spacial score (nSPS) is 25.6. The van der Waals surface area contributed by atoms with Crippen molar-refractivity contribution >= 4 is 5.76 Å². The van der Waals surface area contributed by atoms with E-state index in [1.165, 1.54) is 30.4 Å². The molecule has 1 unspecified atom stereocenters. The van der Waals surface area contributed by atoms with Crippen LogP contribution in [0.2, 0.25) is 0 Å². The molecule has 0 aliphatic heterocycles. The van der Waals surface area contributed by atoms with Gasteiger partial charge in [0.1, 0.15) is 5.76 Å². The summed E-state index contributed by atoms with van der Waals surface area (Å²) in [6, 6.07) is 10.4. The smallest absolute Gasteiger partial charge is 0.129 e. The monoisotopic (exact) mass is 212 g/mol. The summed E-state index contributed by atoms with van der Waals surface area (Å²) in [6.45, 7) is 0. The summed E-state index contributed by atoms with van der Waals surface area (Å²) in [5.41, 5.74) is 4.21. The lowest BCUT2D eigenvalue weighted by Crippen LogP contribution is -2.00. The quantitative estimate of drug-likeness (QED) is 0.678. The summed E-state index contributed by atoms with van der Waals surface area (Å²) in [6.07, 6.45) is 6.20. The molecule has 1 nitrogen and oxygen atoms in total. The van der Waals surface area contributed by atoms with Gasteiger partial charge in [-0.1, -0.05) is 42.0 Å². The van der Waals surface area contributed by atoms with Crippen LogP contribution < -0.4 is 0 Å². The Morgan fingerprint density at radius 1 is 1.25 bits per heavy atom. The van der Waals surface area contributed by atoms with Crippen molar-refractivity contribution in [3.8, 4) is 0 Å². The first-order valence-corrected chi connectivity index (χ1v) is 5.91. The maximum Gasteiger partial charge on any atom is 0.129 e. The van der Waals surface area contributed by atoms with Crippen LogP contribution in [0.3, 0.4) is 0 Å². The number of hydrogen-bond donors (Lipinski definition) is 0. The second kappa shape index (κ2) is 3.82. The standard InChI is InChI=1S/C15H16O/c1-16-15(12-5-3-2-4-6-12)14-10-11-7-8-13(14)9-11/h2-6,10,13H,7-9H2,1H3. The van der Waals surface area contributed by atoms with Crippen LogP contribution in [0.4, 0.5) is 0 Å². The second-order valence-corrected chi connectivity index (χ2v) is 4.60. The summed E-state index contributed by atoms with van der Waals surface area (Å²) in [4.78, 5) is 0. The van der Waals surface area contributed by atoms with Crippen LogP contribution >= 0.6 is 0 Å². The fourth-order valence-electron chi connectivity index (χ4n) is 2.86. The first-order chi connectivity index (χ1) is 7.88. The van der Waals surface area contributed by atoms with Crippen LogP contribution in [0.25, 0.3) is 5.76 Å². The van der Waals surface area contributed by atoms with Crippen LogP contribution in [0, 0.1) is 5.92 Å². The molecular weight excluding hydrogens is 196 g/mol. The molecule has 1 fully saturated rings. The summed E-state index contributed by atoms with van der Waals surface area (Å²) in [5.74, 6) is 1.78. The molecule has 0 saturated heterocycles. The lowest BCUT2D eigenvalue weighted by Gasteiger charge is -2.15. The Bertz CT molecular complexity index is 454. The largest absolute Gasteiger partial charge is 0.496 e. The SMILES string of the molecule is COC(=C1C=C2CCC1C2)c1ccccc1. The highest BCUT2D eigenvalue weighted by Crippen LogP contribution is 2.45. The summed E-state index contributed by atoms with van der Waals surface area (Å²) >= 11 is 0. The van der Waals surface area contributed by atoms with Crippen LogP contribution in [-0.4, -0.2) is 7.11 Å². The van der Waals surface area contributed by atoms with Crippen LogP contribution in [0.5, 0.6) is 0 Å². The molecule has 0 aromatic heterocycles. The molecule has 1 aromatic rings. The van der Waals surface area contributed by atoms with Gasteiger partial charge in [0, 0.05) is 5.56 Å². The molecule has 16 heavy (non-hydrogen) atoms. The predicted octanol–water partition coefficient (Wildman–Crippen LogP) is 3.78. The van der Waals surface area contributed by atoms with Crippen molar-refractivity contribution in [1.82, 2.24) is 0 Å². The minimum atomic E-state index is 0.713. The van der Waals surface area contributed by atoms with Crippen molar-refractivity contribution in [3.05, 3.63) is 53.1 Å². The highest BCUT2D eigenvalue weighted by atomic mass is 16.5. The third-order valence-corrected chi connectivity index (χ3v) is 3.62. The molecule has 1 atom stereocenters. The van der Waals surface area contributed by atoms with Gasteiger partial charge in [0.05, 0.1) is 7.11 Å². The molecule has 0 heterocycles. The van der Waals surface area contributed by atoms with Crippen molar-refractivity contribution in [3.63, 3.8) is 0 Å². The molecule has 2 aliphatic carbocycles. The fourth-order valence-corrected chi connectivity index (χ4v) is 2.86. The van der Waals surface area contributed by atoms with Crippen molar-refractivity contribution in [1.29, 1.82) is 0 Å². The molecule has 1 heteroatoms. The van der Waals surface area contributed by atoms with Gasteiger partial charge in [0.25, 0.3) is 0 Å². The number of hydrogen-bond acceptors (Lipinski definition) is 1. The first-order valence-electron chi connectivity index (χ1n) is 5.91. The van der Waals surface area contributed by atoms with E-state index in [0.717, 1.165) is 5.76 Å². The Kier molecular flexibility index (Phi) is 2.32. The molecule has 82 valence electrons. The summed E-state index contributed by atoms with van der Waals surface area (Å²) < 4.78 is 5.61. The molecule has 0 radical (unpaired) electrons. The van der Waals surface area contributed by atoms with Gasteiger partial charge < -0.3 is 4.74 Å². The van der Waals surface area contributed by atoms with E-state index in [9.17, 15) is 0 Å². The highest BCUT2D eigenvalue weighted by Gasteiger charge is 2.31. The van der Waals surface area contributed by atoms with Gasteiger partial charge in [-0.2, -0.15) is 0 Å². The van der Waals surface area contributed by atoms with Gasteiger partial charge in [-0.25, -0.2) is 0 Å². The zero-order valence-corrected chi connectivity index (χ0v) is 9.57. The molecule has 2 aliphatic rings. The lowest BCUT2D eigenvalue weighted by molar-refractivity contribution is 0.363. The van der Waals surface area contributed by atoms with Gasteiger partial charge in [0.2, 0.25) is 0 Å². The average molecular weight is 212 g/mol. The van der Waals surface area contributed by atoms with Crippen LogP contribution in [0.15, 0.2) is 47.6 Å². The van der Waals surface area contributed by atoms with E-state index >= 15 is 0 Å². The predicted molar refractivity (Wildman–Crippen MR) is 65.8 cm³/mol. The average Bonchev–Trinajstić information content (AvgIpc) is 2.94. The Morgan fingerprint density at radius 2 is 2.06 bits per heavy atom. The summed E-state index contributed by atoms with van der Waals surface area (Å²) in [5, 5.41) is 0. The number of benzene rings is 1. The van der Waals surface area contributed by atoms with E-state index < -0.39 is 0 Å². The van der Waals surface area contributed by atoms with Crippen molar-refractivity contribution in [2.75, 3.05) is 7.11 Å². The Hall–Kier alpha value is -1.50. The van der Waals surface area contributed by atoms with Crippen molar-refractivity contribution < 1.29 is 4.74 Å². The topological polar surface area (TPSA) is 9.23 Å². The van der Waals surface area contributed by atoms with E-state index in [1.807, 2.05) is 6.07 Å². The lowest BCUT2D eigenvalue weighted by atomic mass is 9.95. The van der Waals surface area contributed by atoms with E-state index in [2.05, 4.69) is 30.3 Å². The molecule has 1 saturated carbocycles. The highest BCUT2D eigenvalue weighted by molar-refractivity contribution is 5.68. The zero-order valence-electron chi connectivity index (χ0n) is 9.57. The van der Waals surface area contributed by atoms with Crippen LogP contribution in [0.1, 0.15) is 24.8 Å². The van der Waals surface area contributed by atoms with E-state index in [1.54, 1.807) is 12.7 Å². The Morgan fingerprint density at radius 3 is 2.62 bits per heavy atom. The molecule has 0 N–H and O–H groups in total. The number of allylic oxidation sites excluding steroid dienone is 3. The van der Waals surface area contributed by atoms with Crippen molar-refractivity contribution in [2.24, 2.45) is 5.92 Å². The van der Waals surface area contributed by atoms with Gasteiger partial charge in [0.15, 0.2) is 0 Å². The molecule has 3 rings (SSSR count). The van der Waals surface area contributed by atoms with E-state index in [-0.39, 0.29) is 0 Å². The maximum absolute atomic E-state index is 5.61. The Labute approximate surface area is 96.4 Å². The molecule has 2 bridgehead atoms. The van der Waals surface area contributed by atoms with Crippen LogP contribution in [-0.2, 0) is 4.74 Å². The van der Waals surface area contributed by atoms with Gasteiger partial charge in [-0.3, -0.25) is 0 Å². The number of ether oxygens (including phenoxy) is 1. The van der Waals surface area contributed by atoms with Gasteiger partial charge >= 0.3 is 0 Å². The zero-order chi connectivity index (χ0) is 11.0. The van der Waals surface area contributed by atoms with E-state index in [4.69, 9.17) is 4.74 Å². The fraction of sp³-hybridized carbons (Fsp3) is 0.333. The maximum atomic E-state index is 5.61. The number of fused-ring (bicyclic) bond motifs is 2. The molecular formula is C15H16O. The third kappa shape index (κ3) is 1.47. The molecule has 1 aromatic carbocycles. The summed E-state index contributed by atoms with van der Waals surface area (Å²) in [7, 11) is 1.78. The number of methoxy groups -OCH3 is 1. The molecule has 0 amide bonds. The number of rotatable bonds is 2. The first kappa shape index (κ1) is 9.71. The Balaban J connectivity index is 2.07. The minimum Gasteiger partial charge on any atom is -0.496 e. The minimum absolute atomic E-state index is 0.713. The van der Waals surface area contributed by atoms with Gasteiger partial charge in [-0.15, -0.1) is 0 Å². The molecule has 0 spiro atoms. The third-order valence-electron chi connectivity index (χ3n) is 3.62. The van der Waals surface area contributed by atoms with Crippen molar-refractivity contribution in [2.45, 2.75) is 19.3 Å². The second-order valence-electron chi connectivity index (χ2n) is 4.60.